The van der Waals surface area contributed by atoms with Crippen LogP contribution in [0.4, 0.5) is 0 Å². The Bertz CT molecular complexity index is 587. The fourth-order valence-corrected chi connectivity index (χ4v) is 2.31. The predicted molar refractivity (Wildman–Crippen MR) is 71.4 cm³/mol. The molecule has 0 atom stereocenters. The molecule has 0 radical (unpaired) electrons. The number of aromatic nitrogens is 2. The molecule has 3 heterocycles. The number of rotatable bonds is 5. The number of hydrogen-bond donors (Lipinski definition) is 1. The molecule has 1 saturated heterocycles. The quantitative estimate of drug-likeness (QED) is 0.852. The van der Waals surface area contributed by atoms with Crippen LogP contribution >= 0.6 is 0 Å². The second-order valence-electron chi connectivity index (χ2n) is 4.92. The van der Waals surface area contributed by atoms with Gasteiger partial charge < -0.3 is 13.9 Å². The van der Waals surface area contributed by atoms with Crippen LogP contribution in [0.5, 0.6) is 0 Å². The van der Waals surface area contributed by atoms with Crippen molar-refractivity contribution in [2.75, 3.05) is 32.7 Å². The Labute approximate surface area is 121 Å². The first-order valence-corrected chi connectivity index (χ1v) is 6.73. The molecule has 1 aliphatic rings. The van der Waals surface area contributed by atoms with E-state index in [2.05, 4.69) is 15.1 Å². The zero-order valence-corrected chi connectivity index (χ0v) is 11.4. The van der Waals surface area contributed by atoms with Gasteiger partial charge in [0.05, 0.1) is 19.4 Å². The van der Waals surface area contributed by atoms with Gasteiger partial charge in [-0.15, -0.1) is 10.2 Å². The minimum atomic E-state index is -0.788. The van der Waals surface area contributed by atoms with Gasteiger partial charge in [0.25, 0.3) is 5.89 Å². The van der Waals surface area contributed by atoms with Crippen molar-refractivity contribution < 1.29 is 18.7 Å². The molecule has 3 rings (SSSR count). The zero-order valence-electron chi connectivity index (χ0n) is 11.4. The van der Waals surface area contributed by atoms with Crippen LogP contribution in [0.15, 0.2) is 27.2 Å². The van der Waals surface area contributed by atoms with E-state index in [-0.39, 0.29) is 6.54 Å². The summed E-state index contributed by atoms with van der Waals surface area (Å²) in [5.41, 5.74) is 0. The highest BCUT2D eigenvalue weighted by molar-refractivity contribution is 5.69. The van der Waals surface area contributed by atoms with Crippen molar-refractivity contribution in [3.63, 3.8) is 0 Å². The molecule has 0 aliphatic carbocycles. The highest BCUT2D eigenvalue weighted by Gasteiger charge is 2.20. The number of carbonyl (C=O) groups is 1. The molecular formula is C13H16N4O4. The molecule has 1 fully saturated rings. The summed E-state index contributed by atoms with van der Waals surface area (Å²) >= 11 is 0. The summed E-state index contributed by atoms with van der Waals surface area (Å²) in [6.45, 7) is 3.68. The molecule has 0 aromatic carbocycles. The van der Waals surface area contributed by atoms with Crippen molar-refractivity contribution in [3.8, 4) is 11.7 Å². The number of piperazine rings is 1. The van der Waals surface area contributed by atoms with Crippen LogP contribution in [0.1, 0.15) is 5.89 Å². The van der Waals surface area contributed by atoms with Crippen LogP contribution in [0.3, 0.4) is 0 Å². The van der Waals surface area contributed by atoms with E-state index in [0.29, 0.717) is 24.1 Å². The maximum atomic E-state index is 10.7. The highest BCUT2D eigenvalue weighted by atomic mass is 16.4. The van der Waals surface area contributed by atoms with Gasteiger partial charge in [0, 0.05) is 26.2 Å². The minimum absolute atomic E-state index is 0.0943. The van der Waals surface area contributed by atoms with Crippen LogP contribution in [0, 0.1) is 0 Å². The van der Waals surface area contributed by atoms with Gasteiger partial charge in [0.15, 0.2) is 5.76 Å². The smallest absolute Gasteiger partial charge is 0.317 e. The Morgan fingerprint density at radius 2 is 2.00 bits per heavy atom. The lowest BCUT2D eigenvalue weighted by molar-refractivity contribution is -0.138. The molecule has 0 spiro atoms. The normalized spacial score (nSPS) is 17.1. The van der Waals surface area contributed by atoms with Crippen molar-refractivity contribution >= 4 is 5.97 Å². The minimum Gasteiger partial charge on any atom is -0.480 e. The third-order valence-electron chi connectivity index (χ3n) is 3.38. The number of aliphatic carboxylic acids is 1. The van der Waals surface area contributed by atoms with E-state index < -0.39 is 5.97 Å². The van der Waals surface area contributed by atoms with Crippen molar-refractivity contribution in [1.29, 1.82) is 0 Å². The Morgan fingerprint density at radius 1 is 1.24 bits per heavy atom. The molecule has 1 aliphatic heterocycles. The lowest BCUT2D eigenvalue weighted by Crippen LogP contribution is -2.47. The maximum absolute atomic E-state index is 10.7. The van der Waals surface area contributed by atoms with E-state index in [1.165, 1.54) is 0 Å². The third kappa shape index (κ3) is 3.47. The lowest BCUT2D eigenvalue weighted by Gasteiger charge is -2.32. The van der Waals surface area contributed by atoms with E-state index in [0.717, 1.165) is 26.2 Å². The number of furan rings is 1. The van der Waals surface area contributed by atoms with Gasteiger partial charge in [-0.3, -0.25) is 14.6 Å². The maximum Gasteiger partial charge on any atom is 0.317 e. The monoisotopic (exact) mass is 292 g/mol. The Balaban J connectivity index is 1.53. The molecule has 0 bridgehead atoms. The summed E-state index contributed by atoms with van der Waals surface area (Å²) in [5.74, 6) is 0.677. The SMILES string of the molecule is O=C(O)CN1CCN(Cc2nnc(-c3ccco3)o2)CC1. The summed E-state index contributed by atoms with van der Waals surface area (Å²) in [5, 5.41) is 16.7. The average molecular weight is 292 g/mol. The predicted octanol–water partition coefficient (Wildman–Crippen LogP) is 0.532. The van der Waals surface area contributed by atoms with Gasteiger partial charge in [-0.05, 0) is 12.1 Å². The van der Waals surface area contributed by atoms with Crippen molar-refractivity contribution in [2.45, 2.75) is 6.54 Å². The second kappa shape index (κ2) is 6.06. The van der Waals surface area contributed by atoms with Gasteiger partial charge in [-0.25, -0.2) is 0 Å². The summed E-state index contributed by atoms with van der Waals surface area (Å²) < 4.78 is 10.8. The van der Waals surface area contributed by atoms with Gasteiger partial charge in [-0.2, -0.15) is 0 Å². The summed E-state index contributed by atoms with van der Waals surface area (Å²) in [4.78, 5) is 14.7. The van der Waals surface area contributed by atoms with Gasteiger partial charge in [0.2, 0.25) is 5.89 Å². The molecule has 8 heteroatoms. The molecule has 2 aromatic heterocycles. The van der Waals surface area contributed by atoms with Gasteiger partial charge >= 0.3 is 5.97 Å². The lowest BCUT2D eigenvalue weighted by atomic mass is 10.3. The molecular weight excluding hydrogens is 276 g/mol. The van der Waals surface area contributed by atoms with E-state index in [9.17, 15) is 4.79 Å². The second-order valence-corrected chi connectivity index (χ2v) is 4.92. The molecule has 112 valence electrons. The number of carboxylic acids is 1. The summed E-state index contributed by atoms with van der Waals surface area (Å²) in [7, 11) is 0. The van der Waals surface area contributed by atoms with Crippen molar-refractivity contribution in [2.24, 2.45) is 0 Å². The molecule has 1 N–H and O–H groups in total. The van der Waals surface area contributed by atoms with Crippen LogP contribution in [-0.2, 0) is 11.3 Å². The van der Waals surface area contributed by atoms with Crippen LogP contribution in [-0.4, -0.2) is 63.8 Å². The first-order valence-electron chi connectivity index (χ1n) is 6.73. The summed E-state index contributed by atoms with van der Waals surface area (Å²) in [6, 6.07) is 3.53. The molecule has 0 amide bonds. The Kier molecular flexibility index (Phi) is 3.98. The Morgan fingerprint density at radius 3 is 2.67 bits per heavy atom. The zero-order chi connectivity index (χ0) is 14.7. The molecule has 0 saturated carbocycles. The van der Waals surface area contributed by atoms with Gasteiger partial charge in [-0.1, -0.05) is 0 Å². The van der Waals surface area contributed by atoms with Crippen LogP contribution in [0.2, 0.25) is 0 Å². The average Bonchev–Trinajstić information content (AvgIpc) is 3.11. The third-order valence-corrected chi connectivity index (χ3v) is 3.38. The number of carboxylic acid groups (broad SMARTS) is 1. The molecule has 2 aromatic rings. The molecule has 0 unspecified atom stereocenters. The molecule has 8 nitrogen and oxygen atoms in total. The number of nitrogens with zero attached hydrogens (tertiary/aromatic N) is 4. The topological polar surface area (TPSA) is 95.8 Å². The van der Waals surface area contributed by atoms with E-state index in [4.69, 9.17) is 13.9 Å². The van der Waals surface area contributed by atoms with E-state index >= 15 is 0 Å². The standard InChI is InChI=1S/C13H16N4O4/c18-12(19)9-17-5-3-16(4-6-17)8-11-14-15-13(21-11)10-2-1-7-20-10/h1-2,7H,3-6,8-9H2,(H,18,19). The van der Waals surface area contributed by atoms with Gasteiger partial charge in [0.1, 0.15) is 0 Å². The first-order chi connectivity index (χ1) is 10.2. The Hall–Kier alpha value is -2.19. The molecule has 21 heavy (non-hydrogen) atoms. The van der Waals surface area contributed by atoms with Crippen molar-refractivity contribution in [3.05, 3.63) is 24.3 Å². The van der Waals surface area contributed by atoms with E-state index in [1.54, 1.807) is 18.4 Å². The van der Waals surface area contributed by atoms with Crippen LogP contribution < -0.4 is 0 Å². The fourth-order valence-electron chi connectivity index (χ4n) is 2.31. The van der Waals surface area contributed by atoms with Crippen molar-refractivity contribution in [1.82, 2.24) is 20.0 Å². The van der Waals surface area contributed by atoms with E-state index in [1.807, 2.05) is 4.90 Å². The first kappa shape index (κ1) is 13.8. The fraction of sp³-hybridized carbons (Fsp3) is 0.462. The highest BCUT2D eigenvalue weighted by Crippen LogP contribution is 2.18. The largest absolute Gasteiger partial charge is 0.480 e. The summed E-state index contributed by atoms with van der Waals surface area (Å²) in [6.07, 6.45) is 1.56. The number of hydrogen-bond acceptors (Lipinski definition) is 7. The van der Waals surface area contributed by atoms with Crippen LogP contribution in [0.25, 0.3) is 11.7 Å².